The van der Waals surface area contributed by atoms with E-state index in [4.69, 9.17) is 0 Å². The second kappa shape index (κ2) is 4.95. The van der Waals surface area contributed by atoms with Crippen LogP contribution in [0.25, 0.3) is 0 Å². The average Bonchev–Trinajstić information content (AvgIpc) is 1.90. The fourth-order valence-corrected chi connectivity index (χ4v) is 0.467. The molecule has 0 saturated heterocycles. The Bertz CT molecular complexity index is 150. The average molecular weight is 195 g/mol. The number of hydrogen-bond donors (Lipinski definition) is 0. The van der Waals surface area contributed by atoms with Gasteiger partial charge in [0.15, 0.2) is 0 Å². The molecule has 0 amide bonds. The van der Waals surface area contributed by atoms with Crippen molar-refractivity contribution in [3.8, 4) is 5.75 Å². The van der Waals surface area contributed by atoms with E-state index in [0.717, 1.165) is 0 Å². The van der Waals surface area contributed by atoms with Crippen molar-refractivity contribution in [3.63, 3.8) is 0 Å². The summed E-state index contributed by atoms with van der Waals surface area (Å²) >= 11 is 0. The summed E-state index contributed by atoms with van der Waals surface area (Å²) in [4.78, 5) is 0. The Morgan fingerprint density at radius 1 is 1.44 bits per heavy atom. The molecule has 9 heavy (non-hydrogen) atoms. The molecule has 0 N–H and O–H groups in total. The van der Waals surface area contributed by atoms with Crippen molar-refractivity contribution >= 4 is 0 Å². The van der Waals surface area contributed by atoms with Gasteiger partial charge in [-0.05, 0) is 5.75 Å². The summed E-state index contributed by atoms with van der Waals surface area (Å²) in [5.74, 6) is 0.674. The van der Waals surface area contributed by atoms with Gasteiger partial charge in [0.2, 0.25) is 0 Å². The van der Waals surface area contributed by atoms with Gasteiger partial charge in [0, 0.05) is 32.7 Å². The molecule has 1 nitrogen and oxygen atoms in total. The zero-order valence-electron chi connectivity index (χ0n) is 5.00. The van der Waals surface area contributed by atoms with Crippen LogP contribution in [0, 0.1) is 13.2 Å². The second-order valence-corrected chi connectivity index (χ2v) is 1.37. The first kappa shape index (κ1) is 9.12. The Balaban J connectivity index is 0.000000640. The molecular weight excluding hydrogens is 189 g/mol. The molecule has 0 spiro atoms. The molecule has 0 bridgehead atoms. The molecule has 0 fully saturated rings. The van der Waals surface area contributed by atoms with Gasteiger partial charge in [-0.2, -0.15) is 25.3 Å². The van der Waals surface area contributed by atoms with Crippen molar-refractivity contribution in [3.05, 3.63) is 37.4 Å². The maximum atomic E-state index is 4.61. The van der Waals surface area contributed by atoms with Crippen LogP contribution in [0.2, 0.25) is 0 Å². The van der Waals surface area contributed by atoms with Gasteiger partial charge in [-0.25, -0.2) is 0 Å². The SMILES string of the molecule is [CH2-]Oc1[c-]cccc1.[Y]. The number of para-hydroxylation sites is 1. The number of ether oxygens (including phenoxy) is 1. The Morgan fingerprint density at radius 3 is 2.56 bits per heavy atom. The van der Waals surface area contributed by atoms with Crippen LogP contribution < -0.4 is 4.74 Å². The minimum absolute atomic E-state index is 0. The first-order valence-corrected chi connectivity index (χ1v) is 2.32. The summed E-state index contributed by atoms with van der Waals surface area (Å²) in [6.45, 7) is 0. The van der Waals surface area contributed by atoms with Gasteiger partial charge in [-0.1, -0.05) is 0 Å². The molecule has 2 heteroatoms. The molecule has 1 radical (unpaired) electrons. The number of benzene rings is 1. The number of rotatable bonds is 1. The molecular formula is C7H6OY-2. The van der Waals surface area contributed by atoms with Crippen LogP contribution >= 0.6 is 0 Å². The molecule has 1 aromatic rings. The van der Waals surface area contributed by atoms with Crippen molar-refractivity contribution < 1.29 is 37.4 Å². The zero-order chi connectivity index (χ0) is 5.82. The maximum absolute atomic E-state index is 4.61. The summed E-state index contributed by atoms with van der Waals surface area (Å²) in [6, 6.07) is 10.2. The zero-order valence-corrected chi connectivity index (χ0v) is 7.84. The van der Waals surface area contributed by atoms with Crippen LogP contribution in [-0.2, 0) is 32.7 Å². The largest absolute Gasteiger partial charge is 0.683 e. The predicted octanol–water partition coefficient (Wildman–Crippen LogP) is 1.65. The van der Waals surface area contributed by atoms with E-state index in [1.165, 1.54) is 0 Å². The van der Waals surface area contributed by atoms with Gasteiger partial charge in [0.05, 0.1) is 0 Å². The van der Waals surface area contributed by atoms with Crippen molar-refractivity contribution in [2.45, 2.75) is 0 Å². The van der Waals surface area contributed by atoms with Gasteiger partial charge in [0.1, 0.15) is 0 Å². The Morgan fingerprint density at radius 2 is 2.22 bits per heavy atom. The molecule has 0 aromatic heterocycles. The summed E-state index contributed by atoms with van der Waals surface area (Å²) in [6.07, 6.45) is 0. The smallest absolute Gasteiger partial charge is 0 e. The van der Waals surface area contributed by atoms with E-state index in [9.17, 15) is 0 Å². The Hall–Kier alpha value is 0.124. The van der Waals surface area contributed by atoms with Crippen LogP contribution in [-0.4, -0.2) is 0 Å². The van der Waals surface area contributed by atoms with Crippen LogP contribution in [0.1, 0.15) is 0 Å². The maximum Gasteiger partial charge on any atom is 0 e. The first-order chi connectivity index (χ1) is 3.93. The molecule has 0 aliphatic carbocycles. The summed E-state index contributed by atoms with van der Waals surface area (Å²) in [7, 11) is 3.22. The molecule has 0 heterocycles. The van der Waals surface area contributed by atoms with Crippen LogP contribution in [0.3, 0.4) is 0 Å². The molecule has 45 valence electrons. The van der Waals surface area contributed by atoms with E-state index < -0.39 is 0 Å². The van der Waals surface area contributed by atoms with Crippen molar-refractivity contribution in [1.29, 1.82) is 0 Å². The van der Waals surface area contributed by atoms with E-state index >= 15 is 0 Å². The molecule has 0 saturated carbocycles. The van der Waals surface area contributed by atoms with E-state index in [1.54, 1.807) is 12.1 Å². The molecule has 1 rings (SSSR count). The minimum Gasteiger partial charge on any atom is -0.683 e. The van der Waals surface area contributed by atoms with Crippen LogP contribution in [0.15, 0.2) is 24.3 Å². The van der Waals surface area contributed by atoms with Crippen molar-refractivity contribution in [2.75, 3.05) is 0 Å². The molecule has 0 aliphatic heterocycles. The third-order valence-corrected chi connectivity index (χ3v) is 0.836. The minimum atomic E-state index is 0. The quantitative estimate of drug-likeness (QED) is 0.619. The van der Waals surface area contributed by atoms with E-state index in [1.807, 2.05) is 12.1 Å². The van der Waals surface area contributed by atoms with Gasteiger partial charge < -0.3 is 4.74 Å². The van der Waals surface area contributed by atoms with E-state index in [2.05, 4.69) is 17.9 Å². The fraction of sp³-hybridized carbons (Fsp3) is 0. The molecule has 0 unspecified atom stereocenters. The normalized spacial score (nSPS) is 7.67. The standard InChI is InChI=1S/C7H6O.Y/c1-8-7-5-3-2-4-6-7;/h2-5H,1H2;/q-2;. The van der Waals surface area contributed by atoms with Crippen molar-refractivity contribution in [1.82, 2.24) is 0 Å². The molecule has 1 aromatic carbocycles. The van der Waals surface area contributed by atoms with Gasteiger partial charge in [0.25, 0.3) is 0 Å². The monoisotopic (exact) mass is 195 g/mol. The Kier molecular flexibility index (Phi) is 5.02. The van der Waals surface area contributed by atoms with Gasteiger partial charge >= 0.3 is 0 Å². The third-order valence-electron chi connectivity index (χ3n) is 0.836. The summed E-state index contributed by atoms with van der Waals surface area (Å²) in [5.41, 5.74) is 0. The summed E-state index contributed by atoms with van der Waals surface area (Å²) in [5, 5.41) is 0. The van der Waals surface area contributed by atoms with Crippen LogP contribution in [0.4, 0.5) is 0 Å². The first-order valence-electron chi connectivity index (χ1n) is 2.32. The molecule has 0 atom stereocenters. The second-order valence-electron chi connectivity index (χ2n) is 1.37. The Labute approximate surface area is 80.3 Å². The summed E-state index contributed by atoms with van der Waals surface area (Å²) < 4.78 is 4.61. The van der Waals surface area contributed by atoms with Gasteiger partial charge in [-0.3, -0.25) is 0 Å². The predicted molar refractivity (Wildman–Crippen MR) is 31.3 cm³/mol. The van der Waals surface area contributed by atoms with Crippen LogP contribution in [0.5, 0.6) is 5.75 Å². The van der Waals surface area contributed by atoms with Gasteiger partial charge in [-0.15, -0.1) is 12.1 Å². The molecule has 0 aliphatic rings. The van der Waals surface area contributed by atoms with E-state index in [-0.39, 0.29) is 32.7 Å². The fourth-order valence-electron chi connectivity index (χ4n) is 0.467. The van der Waals surface area contributed by atoms with Crippen molar-refractivity contribution in [2.24, 2.45) is 0 Å². The third kappa shape index (κ3) is 2.97. The number of hydrogen-bond acceptors (Lipinski definition) is 1. The topological polar surface area (TPSA) is 9.23 Å². The van der Waals surface area contributed by atoms with E-state index in [0.29, 0.717) is 5.75 Å².